The number of piperazine rings is 1. The van der Waals surface area contributed by atoms with Gasteiger partial charge in [0.2, 0.25) is 5.91 Å². The molecule has 1 atom stereocenters. The van der Waals surface area contributed by atoms with Crippen LogP contribution in [0.5, 0.6) is 5.75 Å². The molecule has 7 nitrogen and oxygen atoms in total. The largest absolute Gasteiger partial charge is 0.483 e. The van der Waals surface area contributed by atoms with E-state index in [0.717, 1.165) is 22.0 Å². The first-order valence-corrected chi connectivity index (χ1v) is 11.8. The number of ether oxygens (including phenoxy) is 2. The average Bonchev–Trinajstić information content (AvgIpc) is 2.79. The minimum atomic E-state index is -0.898. The Hall–Kier alpha value is -2.87. The van der Waals surface area contributed by atoms with E-state index in [-0.39, 0.29) is 24.8 Å². The predicted octanol–water partition coefficient (Wildman–Crippen LogP) is 3.80. The van der Waals surface area contributed by atoms with Crippen LogP contribution in [-0.4, -0.2) is 55.0 Å². The van der Waals surface area contributed by atoms with Crippen LogP contribution in [0.3, 0.4) is 0 Å². The van der Waals surface area contributed by atoms with Crippen molar-refractivity contribution in [3.63, 3.8) is 0 Å². The minimum Gasteiger partial charge on any atom is -0.483 e. The Kier molecular flexibility index (Phi) is 8.88. The molecule has 1 saturated heterocycles. The van der Waals surface area contributed by atoms with Crippen molar-refractivity contribution in [2.24, 2.45) is 5.92 Å². The second-order valence-corrected chi connectivity index (χ2v) is 9.16. The van der Waals surface area contributed by atoms with E-state index in [2.05, 4.69) is 21.2 Å². The Balaban J connectivity index is 1.59. The number of amides is 2. The van der Waals surface area contributed by atoms with E-state index < -0.39 is 12.0 Å². The lowest BCUT2D eigenvalue weighted by atomic mass is 10.1. The van der Waals surface area contributed by atoms with Crippen LogP contribution < -0.4 is 10.1 Å². The van der Waals surface area contributed by atoms with Gasteiger partial charge in [-0.05, 0) is 51.5 Å². The fourth-order valence-electron chi connectivity index (χ4n) is 3.49. The van der Waals surface area contributed by atoms with E-state index in [9.17, 15) is 14.4 Å². The van der Waals surface area contributed by atoms with Crippen molar-refractivity contribution in [3.8, 4) is 16.9 Å². The van der Waals surface area contributed by atoms with Crippen LogP contribution in [-0.2, 0) is 19.1 Å². The summed E-state index contributed by atoms with van der Waals surface area (Å²) >= 11 is 3.50. The number of nitrogens with zero attached hydrogens (tertiary/aromatic N) is 1. The van der Waals surface area contributed by atoms with E-state index in [1.54, 1.807) is 6.07 Å². The van der Waals surface area contributed by atoms with Gasteiger partial charge in [-0.25, -0.2) is 0 Å². The predicted molar refractivity (Wildman–Crippen MR) is 129 cm³/mol. The van der Waals surface area contributed by atoms with Gasteiger partial charge in [0, 0.05) is 13.1 Å². The van der Waals surface area contributed by atoms with Crippen LogP contribution >= 0.6 is 15.9 Å². The van der Waals surface area contributed by atoms with Gasteiger partial charge in [0.15, 0.2) is 6.61 Å². The molecule has 1 aliphatic heterocycles. The average molecular weight is 517 g/mol. The van der Waals surface area contributed by atoms with Crippen molar-refractivity contribution < 1.29 is 23.9 Å². The maximum absolute atomic E-state index is 12.9. The quantitative estimate of drug-likeness (QED) is 0.512. The fourth-order valence-corrected chi connectivity index (χ4v) is 3.99. The zero-order valence-corrected chi connectivity index (χ0v) is 20.5. The summed E-state index contributed by atoms with van der Waals surface area (Å²) in [5.41, 5.74) is 2.09. The van der Waals surface area contributed by atoms with Crippen molar-refractivity contribution in [1.82, 2.24) is 10.2 Å². The zero-order valence-electron chi connectivity index (χ0n) is 18.9. The molecule has 2 aromatic rings. The van der Waals surface area contributed by atoms with Gasteiger partial charge in [0.1, 0.15) is 11.8 Å². The first-order chi connectivity index (χ1) is 15.8. The molecule has 2 aromatic carbocycles. The van der Waals surface area contributed by atoms with Gasteiger partial charge < -0.3 is 19.7 Å². The molecule has 0 bridgehead atoms. The number of esters is 1. The highest BCUT2D eigenvalue weighted by Crippen LogP contribution is 2.30. The first-order valence-electron chi connectivity index (χ1n) is 11.1. The Bertz CT molecular complexity index is 980. The van der Waals surface area contributed by atoms with Crippen molar-refractivity contribution in [2.45, 2.75) is 32.7 Å². The van der Waals surface area contributed by atoms with Crippen molar-refractivity contribution in [2.75, 3.05) is 26.3 Å². The normalized spacial score (nSPS) is 15.8. The Labute approximate surface area is 202 Å². The molecule has 0 saturated carbocycles. The molecule has 1 aliphatic rings. The number of carbonyl (C=O) groups excluding carboxylic acids is 3. The number of carbonyl (C=O) groups is 3. The first kappa shape index (κ1) is 24.8. The molecule has 1 heterocycles. The maximum Gasteiger partial charge on any atom is 0.308 e. The molecule has 176 valence electrons. The van der Waals surface area contributed by atoms with Gasteiger partial charge in [-0.1, -0.05) is 50.2 Å². The Morgan fingerprint density at radius 1 is 1.15 bits per heavy atom. The molecule has 0 aliphatic carbocycles. The highest BCUT2D eigenvalue weighted by molar-refractivity contribution is 9.10. The molecule has 0 aromatic heterocycles. The van der Waals surface area contributed by atoms with E-state index in [1.807, 2.05) is 56.3 Å². The van der Waals surface area contributed by atoms with E-state index in [4.69, 9.17) is 9.47 Å². The molecule has 1 unspecified atom stereocenters. The second kappa shape index (κ2) is 11.8. The highest BCUT2D eigenvalue weighted by Gasteiger charge is 2.35. The monoisotopic (exact) mass is 516 g/mol. The summed E-state index contributed by atoms with van der Waals surface area (Å²) in [4.78, 5) is 38.8. The van der Waals surface area contributed by atoms with Crippen LogP contribution in [0.15, 0.2) is 53.0 Å². The summed E-state index contributed by atoms with van der Waals surface area (Å²) in [6.07, 6.45) is 0.572. The summed E-state index contributed by atoms with van der Waals surface area (Å²) in [6.45, 7) is 4.78. The summed E-state index contributed by atoms with van der Waals surface area (Å²) < 4.78 is 11.7. The van der Waals surface area contributed by atoms with Crippen LogP contribution in [0.4, 0.5) is 0 Å². The molecule has 0 spiro atoms. The van der Waals surface area contributed by atoms with Crippen LogP contribution in [0.1, 0.15) is 26.7 Å². The van der Waals surface area contributed by atoms with E-state index in [1.165, 1.54) is 4.90 Å². The van der Waals surface area contributed by atoms with E-state index >= 15 is 0 Å². The van der Waals surface area contributed by atoms with Crippen LogP contribution in [0.2, 0.25) is 0 Å². The molecular formula is C25H29BrN2O5. The maximum atomic E-state index is 12.9. The number of hydrogen-bond acceptors (Lipinski definition) is 5. The second-order valence-electron chi connectivity index (χ2n) is 8.30. The molecule has 1 N–H and O–H groups in total. The fraction of sp³-hybridized carbons (Fsp3) is 0.400. The summed E-state index contributed by atoms with van der Waals surface area (Å²) in [5, 5.41) is 2.71. The summed E-state index contributed by atoms with van der Waals surface area (Å²) in [7, 11) is 0. The van der Waals surface area contributed by atoms with Crippen LogP contribution in [0, 0.1) is 5.92 Å². The van der Waals surface area contributed by atoms with Gasteiger partial charge in [-0.15, -0.1) is 0 Å². The number of nitrogens with one attached hydrogen (secondary N) is 1. The smallest absolute Gasteiger partial charge is 0.308 e. The van der Waals surface area contributed by atoms with Gasteiger partial charge in [-0.3, -0.25) is 14.4 Å². The third-order valence-corrected chi connectivity index (χ3v) is 5.98. The highest BCUT2D eigenvalue weighted by atomic mass is 79.9. The molecule has 1 fully saturated rings. The lowest BCUT2D eigenvalue weighted by Crippen LogP contribution is -2.58. The van der Waals surface area contributed by atoms with Crippen molar-refractivity contribution >= 4 is 33.7 Å². The minimum absolute atomic E-state index is 0.175. The number of benzene rings is 2. The lowest BCUT2D eigenvalue weighted by Gasteiger charge is -2.34. The van der Waals surface area contributed by atoms with Crippen LogP contribution in [0.25, 0.3) is 11.1 Å². The molecule has 33 heavy (non-hydrogen) atoms. The molecule has 8 heteroatoms. The molecular weight excluding hydrogens is 488 g/mol. The molecule has 0 radical (unpaired) electrons. The number of rotatable bonds is 9. The van der Waals surface area contributed by atoms with Gasteiger partial charge in [0.25, 0.3) is 5.91 Å². The Morgan fingerprint density at radius 2 is 1.91 bits per heavy atom. The van der Waals surface area contributed by atoms with Gasteiger partial charge in [0.05, 0.1) is 17.5 Å². The molecule has 3 rings (SSSR count). The topological polar surface area (TPSA) is 84.9 Å². The van der Waals surface area contributed by atoms with Gasteiger partial charge >= 0.3 is 5.97 Å². The molecule has 2 amide bonds. The van der Waals surface area contributed by atoms with Crippen molar-refractivity contribution in [1.29, 1.82) is 0 Å². The summed E-state index contributed by atoms with van der Waals surface area (Å²) in [6, 6.07) is 14.7. The van der Waals surface area contributed by atoms with Gasteiger partial charge in [-0.2, -0.15) is 0 Å². The summed E-state index contributed by atoms with van der Waals surface area (Å²) in [5.74, 6) is -0.274. The van der Waals surface area contributed by atoms with E-state index in [0.29, 0.717) is 31.4 Å². The number of hydrogen-bond donors (Lipinski definition) is 1. The Morgan fingerprint density at radius 3 is 2.61 bits per heavy atom. The number of halogens is 1. The standard InChI is InChI=1S/C25H29BrN2O5/c1-17(2)10-13-32-24(30)15-21-25(31)27-11-12-28(21)23(29)16-33-22-9-8-19(14-20(22)26)18-6-4-3-5-7-18/h3-9,14,17,21H,10-13,15-16H2,1-2H3,(H,27,31). The van der Waals surface area contributed by atoms with Crippen molar-refractivity contribution in [3.05, 3.63) is 53.0 Å². The lowest BCUT2D eigenvalue weighted by molar-refractivity contribution is -0.152. The zero-order chi connectivity index (χ0) is 23.8. The third-order valence-electron chi connectivity index (χ3n) is 5.36. The third kappa shape index (κ3) is 7.05. The SMILES string of the molecule is CC(C)CCOC(=O)CC1C(=O)NCCN1C(=O)COc1ccc(-c2ccccc2)cc1Br.